The van der Waals surface area contributed by atoms with Crippen molar-refractivity contribution in [2.45, 2.75) is 13.1 Å². The smallest absolute Gasteiger partial charge is 0.416 e. The lowest BCUT2D eigenvalue weighted by molar-refractivity contribution is -0.137. The van der Waals surface area contributed by atoms with Gasteiger partial charge < -0.3 is 4.74 Å². The number of rotatable bonds is 3. The minimum absolute atomic E-state index is 0.0234. The van der Waals surface area contributed by atoms with Gasteiger partial charge in [0.05, 0.1) is 22.0 Å². The summed E-state index contributed by atoms with van der Waals surface area (Å²) in [5.74, 6) is 0.247. The van der Waals surface area contributed by atoms with Crippen molar-refractivity contribution < 1.29 is 17.9 Å². The number of aryl methyl sites for hydroxylation is 1. The molecule has 0 saturated heterocycles. The summed E-state index contributed by atoms with van der Waals surface area (Å²) in [6, 6.07) is 11.0. The first-order valence-corrected chi connectivity index (χ1v) is 9.50. The molecule has 9 heteroatoms. The van der Waals surface area contributed by atoms with Crippen LogP contribution in [0.25, 0.3) is 22.3 Å². The van der Waals surface area contributed by atoms with Crippen LogP contribution in [0.5, 0.6) is 11.6 Å². The summed E-state index contributed by atoms with van der Waals surface area (Å²) in [5.41, 5.74) is 0.378. The zero-order chi connectivity index (χ0) is 22.3. The van der Waals surface area contributed by atoms with Crippen LogP contribution in [-0.2, 0) is 13.2 Å². The Balaban J connectivity index is 1.86. The summed E-state index contributed by atoms with van der Waals surface area (Å²) in [7, 11) is 1.54. The van der Waals surface area contributed by atoms with Crippen molar-refractivity contribution in [1.29, 1.82) is 0 Å². The molecule has 4 aromatic rings. The molecule has 0 fully saturated rings. The topological polar surface area (TPSA) is 57.0 Å². The van der Waals surface area contributed by atoms with Crippen molar-refractivity contribution in [2.24, 2.45) is 7.05 Å². The van der Waals surface area contributed by atoms with Crippen molar-refractivity contribution in [3.63, 3.8) is 0 Å². The normalized spacial score (nSPS) is 11.7. The Morgan fingerprint density at radius 1 is 1.10 bits per heavy atom. The molecule has 158 valence electrons. The third-order valence-corrected chi connectivity index (χ3v) is 4.94. The molecule has 0 aliphatic carbocycles. The van der Waals surface area contributed by atoms with Crippen molar-refractivity contribution in [1.82, 2.24) is 14.5 Å². The number of hydrogen-bond donors (Lipinski definition) is 0. The number of nitrogens with zero attached hydrogens (tertiary/aromatic N) is 3. The molecule has 0 N–H and O–H groups in total. The molecule has 4 rings (SSSR count). The maximum atomic E-state index is 13.0. The highest BCUT2D eigenvalue weighted by Gasteiger charge is 2.30. The lowest BCUT2D eigenvalue weighted by atomic mass is 10.1. The van der Waals surface area contributed by atoms with E-state index in [2.05, 4.69) is 9.97 Å². The number of aromatic nitrogens is 3. The van der Waals surface area contributed by atoms with E-state index in [9.17, 15) is 18.0 Å². The van der Waals surface area contributed by atoms with Crippen LogP contribution in [0, 0.1) is 6.92 Å². The quantitative estimate of drug-likeness (QED) is 0.402. The second-order valence-electron chi connectivity index (χ2n) is 6.90. The van der Waals surface area contributed by atoms with Gasteiger partial charge in [-0.3, -0.25) is 9.36 Å². The fraction of sp³-hybridized carbons (Fsp3) is 0.136. The second-order valence-corrected chi connectivity index (χ2v) is 7.34. The van der Waals surface area contributed by atoms with Gasteiger partial charge in [0, 0.05) is 18.3 Å². The summed E-state index contributed by atoms with van der Waals surface area (Å²) in [4.78, 5) is 21.7. The van der Waals surface area contributed by atoms with Crippen LogP contribution < -0.4 is 10.3 Å². The van der Waals surface area contributed by atoms with Crippen molar-refractivity contribution in [2.75, 3.05) is 0 Å². The number of alkyl halides is 3. The zero-order valence-electron chi connectivity index (χ0n) is 16.4. The minimum atomic E-state index is -4.51. The molecule has 2 aromatic heterocycles. The SMILES string of the molecule is Cc1cc(Cl)cc2c(=O)n(C)c(-c3cccnc3Oc3cccc(C(F)(F)F)c3)nc12. The first kappa shape index (κ1) is 20.9. The Hall–Kier alpha value is -3.39. The fourth-order valence-electron chi connectivity index (χ4n) is 3.24. The molecule has 0 saturated carbocycles. The fourth-order valence-corrected chi connectivity index (χ4v) is 3.51. The minimum Gasteiger partial charge on any atom is -0.438 e. The van der Waals surface area contributed by atoms with E-state index in [0.29, 0.717) is 27.1 Å². The third kappa shape index (κ3) is 3.98. The Bertz CT molecular complexity index is 1370. The van der Waals surface area contributed by atoms with Crippen LogP contribution in [0.15, 0.2) is 59.5 Å². The predicted octanol–water partition coefficient (Wildman–Crippen LogP) is 5.77. The molecule has 2 heterocycles. The average molecular weight is 446 g/mol. The molecular weight excluding hydrogens is 431 g/mol. The monoisotopic (exact) mass is 445 g/mol. The molecule has 0 bridgehead atoms. The van der Waals surface area contributed by atoms with Crippen LogP contribution in [-0.4, -0.2) is 14.5 Å². The summed E-state index contributed by atoms with van der Waals surface area (Å²) < 4.78 is 46.1. The molecule has 0 radical (unpaired) electrons. The van der Waals surface area contributed by atoms with Gasteiger partial charge in [-0.05, 0) is 55.0 Å². The summed E-state index contributed by atoms with van der Waals surface area (Å²) in [6.07, 6.45) is -3.06. The Morgan fingerprint density at radius 2 is 1.87 bits per heavy atom. The van der Waals surface area contributed by atoms with Crippen molar-refractivity contribution in [3.05, 3.63) is 81.2 Å². The third-order valence-electron chi connectivity index (χ3n) is 4.72. The molecule has 0 unspecified atom stereocenters. The predicted molar refractivity (Wildman–Crippen MR) is 111 cm³/mol. The van der Waals surface area contributed by atoms with Gasteiger partial charge in [-0.15, -0.1) is 0 Å². The lowest BCUT2D eigenvalue weighted by Gasteiger charge is -2.14. The molecule has 5 nitrogen and oxygen atoms in total. The van der Waals surface area contributed by atoms with E-state index in [1.807, 2.05) is 0 Å². The Morgan fingerprint density at radius 3 is 2.61 bits per heavy atom. The maximum Gasteiger partial charge on any atom is 0.416 e. The number of ether oxygens (including phenoxy) is 1. The molecule has 31 heavy (non-hydrogen) atoms. The van der Waals surface area contributed by atoms with E-state index in [1.54, 1.807) is 38.2 Å². The maximum absolute atomic E-state index is 13.0. The summed E-state index contributed by atoms with van der Waals surface area (Å²) in [6.45, 7) is 1.79. The van der Waals surface area contributed by atoms with Gasteiger partial charge in [-0.1, -0.05) is 17.7 Å². The molecule has 0 spiro atoms. The molecular formula is C22H15ClF3N3O2. The van der Waals surface area contributed by atoms with E-state index < -0.39 is 11.7 Å². The van der Waals surface area contributed by atoms with Gasteiger partial charge in [0.15, 0.2) is 0 Å². The van der Waals surface area contributed by atoms with Crippen LogP contribution in [0.3, 0.4) is 0 Å². The van der Waals surface area contributed by atoms with E-state index in [0.717, 1.165) is 12.1 Å². The Kier molecular flexibility index (Phi) is 5.18. The van der Waals surface area contributed by atoms with Gasteiger partial charge in [-0.25, -0.2) is 9.97 Å². The molecule has 0 aliphatic rings. The van der Waals surface area contributed by atoms with Crippen LogP contribution in [0.4, 0.5) is 13.2 Å². The van der Waals surface area contributed by atoms with Crippen molar-refractivity contribution in [3.8, 4) is 23.0 Å². The van der Waals surface area contributed by atoms with Crippen LogP contribution in [0.1, 0.15) is 11.1 Å². The Labute approximate surface area is 179 Å². The first-order chi connectivity index (χ1) is 14.6. The van der Waals surface area contributed by atoms with E-state index >= 15 is 0 Å². The lowest BCUT2D eigenvalue weighted by Crippen LogP contribution is -2.21. The van der Waals surface area contributed by atoms with E-state index in [1.165, 1.54) is 22.9 Å². The van der Waals surface area contributed by atoms with E-state index in [4.69, 9.17) is 16.3 Å². The average Bonchev–Trinajstić information content (AvgIpc) is 2.71. The molecule has 0 atom stereocenters. The molecule has 0 aliphatic heterocycles. The highest BCUT2D eigenvalue weighted by molar-refractivity contribution is 6.31. The van der Waals surface area contributed by atoms with Gasteiger partial charge >= 0.3 is 6.18 Å². The second kappa shape index (κ2) is 7.70. The van der Waals surface area contributed by atoms with Gasteiger partial charge in [0.25, 0.3) is 5.56 Å². The summed E-state index contributed by atoms with van der Waals surface area (Å²) in [5, 5.41) is 0.784. The van der Waals surface area contributed by atoms with Crippen LogP contribution >= 0.6 is 11.6 Å². The number of halogens is 4. The highest BCUT2D eigenvalue weighted by atomic mass is 35.5. The number of hydrogen-bond acceptors (Lipinski definition) is 4. The molecule has 0 amide bonds. The number of benzene rings is 2. The van der Waals surface area contributed by atoms with Gasteiger partial charge in [-0.2, -0.15) is 13.2 Å². The van der Waals surface area contributed by atoms with Crippen LogP contribution in [0.2, 0.25) is 5.02 Å². The number of fused-ring (bicyclic) bond motifs is 1. The van der Waals surface area contributed by atoms with Gasteiger partial charge in [0.2, 0.25) is 5.88 Å². The highest BCUT2D eigenvalue weighted by Crippen LogP contribution is 2.35. The standard InChI is InChI=1S/C22H15ClF3N3O2/c1-12-9-14(23)11-17-18(12)28-19(29(2)21(17)30)16-7-4-8-27-20(16)31-15-6-3-5-13(10-15)22(24,25)26/h3-11H,1-2H3. The first-order valence-electron chi connectivity index (χ1n) is 9.12. The zero-order valence-corrected chi connectivity index (χ0v) is 17.1. The molecule has 2 aromatic carbocycles. The van der Waals surface area contributed by atoms with Crippen molar-refractivity contribution >= 4 is 22.5 Å². The number of pyridine rings is 1. The van der Waals surface area contributed by atoms with Gasteiger partial charge in [0.1, 0.15) is 11.6 Å². The van der Waals surface area contributed by atoms with E-state index in [-0.39, 0.29) is 23.0 Å². The summed E-state index contributed by atoms with van der Waals surface area (Å²) >= 11 is 6.08. The largest absolute Gasteiger partial charge is 0.438 e.